The molecule has 0 bridgehead atoms. The molecule has 0 aliphatic carbocycles. The number of aromatic amines is 1. The van der Waals surface area contributed by atoms with Crippen molar-refractivity contribution < 1.29 is 4.79 Å². The normalized spacial score (nSPS) is 17.1. The first-order chi connectivity index (χ1) is 8.20. The molecule has 17 heavy (non-hydrogen) atoms. The number of carbonyl (C=O) groups is 1. The van der Waals surface area contributed by atoms with Crippen LogP contribution in [0.1, 0.15) is 17.3 Å². The van der Waals surface area contributed by atoms with Crippen molar-refractivity contribution in [3.63, 3.8) is 0 Å². The van der Waals surface area contributed by atoms with E-state index in [1.54, 1.807) is 11.0 Å². The van der Waals surface area contributed by atoms with E-state index in [0.29, 0.717) is 5.56 Å². The molecule has 5 nitrogen and oxygen atoms in total. The van der Waals surface area contributed by atoms with E-state index in [0.717, 1.165) is 32.7 Å². The predicted octanol–water partition coefficient (Wildman–Crippen LogP) is 0.153. The minimum absolute atomic E-state index is 0.0492. The molecule has 1 saturated heterocycles. The molecular weight excluding hydrogens is 218 g/mol. The number of piperazine rings is 1. The van der Waals surface area contributed by atoms with Gasteiger partial charge >= 0.3 is 0 Å². The molecular formula is C12H17N3O2. The van der Waals surface area contributed by atoms with Crippen molar-refractivity contribution in [2.45, 2.75) is 6.92 Å². The van der Waals surface area contributed by atoms with E-state index in [9.17, 15) is 9.59 Å². The van der Waals surface area contributed by atoms with Gasteiger partial charge in [0, 0.05) is 44.0 Å². The monoisotopic (exact) mass is 235 g/mol. The van der Waals surface area contributed by atoms with Crippen LogP contribution >= 0.6 is 0 Å². The molecule has 92 valence electrons. The Hall–Kier alpha value is -1.62. The summed E-state index contributed by atoms with van der Waals surface area (Å²) in [4.78, 5) is 29.9. The third-order valence-electron chi connectivity index (χ3n) is 3.13. The Balaban J connectivity index is 2.04. The molecule has 2 rings (SSSR count). The van der Waals surface area contributed by atoms with Crippen molar-refractivity contribution >= 4 is 5.91 Å². The van der Waals surface area contributed by atoms with Crippen molar-refractivity contribution in [2.24, 2.45) is 0 Å². The van der Waals surface area contributed by atoms with Crippen LogP contribution in [0, 0.1) is 0 Å². The number of pyridine rings is 1. The number of nitrogens with one attached hydrogen (secondary N) is 1. The van der Waals surface area contributed by atoms with E-state index in [4.69, 9.17) is 0 Å². The second kappa shape index (κ2) is 5.14. The molecule has 5 heteroatoms. The van der Waals surface area contributed by atoms with Gasteiger partial charge in [-0.2, -0.15) is 0 Å². The van der Waals surface area contributed by atoms with Crippen LogP contribution in [0.3, 0.4) is 0 Å². The SMILES string of the molecule is CCN1CCN(C(=O)c2cc[nH]c(=O)c2)CC1. The zero-order valence-electron chi connectivity index (χ0n) is 9.98. The molecule has 1 aromatic rings. The standard InChI is InChI=1S/C12H17N3O2/c1-2-14-5-7-15(8-6-14)12(17)10-3-4-13-11(16)9-10/h3-4,9H,2,5-8H2,1H3,(H,13,16). The first-order valence-corrected chi connectivity index (χ1v) is 5.91. The molecule has 1 aliphatic heterocycles. The Labute approximate surface area is 100 Å². The molecule has 1 aromatic heterocycles. The summed E-state index contributed by atoms with van der Waals surface area (Å²) in [6.07, 6.45) is 1.51. The van der Waals surface area contributed by atoms with Gasteiger partial charge in [-0.15, -0.1) is 0 Å². The zero-order valence-corrected chi connectivity index (χ0v) is 9.98. The minimum Gasteiger partial charge on any atom is -0.336 e. The molecule has 1 amide bonds. The van der Waals surface area contributed by atoms with Gasteiger partial charge in [-0.25, -0.2) is 0 Å². The number of aromatic nitrogens is 1. The van der Waals surface area contributed by atoms with Gasteiger partial charge in [0.05, 0.1) is 0 Å². The molecule has 0 saturated carbocycles. The highest BCUT2D eigenvalue weighted by molar-refractivity contribution is 5.94. The maximum atomic E-state index is 12.1. The number of carbonyl (C=O) groups excluding carboxylic acids is 1. The Morgan fingerprint density at radius 3 is 2.65 bits per heavy atom. The van der Waals surface area contributed by atoms with E-state index in [1.165, 1.54) is 12.3 Å². The van der Waals surface area contributed by atoms with Gasteiger partial charge < -0.3 is 14.8 Å². The lowest BCUT2D eigenvalue weighted by molar-refractivity contribution is 0.0643. The first kappa shape index (κ1) is 11.9. The average Bonchev–Trinajstić information content (AvgIpc) is 2.38. The Morgan fingerprint density at radius 1 is 1.35 bits per heavy atom. The summed E-state index contributed by atoms with van der Waals surface area (Å²) in [5, 5.41) is 0. The lowest BCUT2D eigenvalue weighted by atomic mass is 10.2. The molecule has 1 fully saturated rings. The van der Waals surface area contributed by atoms with Crippen LogP contribution in [-0.2, 0) is 0 Å². The van der Waals surface area contributed by atoms with Crippen molar-refractivity contribution in [2.75, 3.05) is 32.7 Å². The molecule has 0 spiro atoms. The fraction of sp³-hybridized carbons (Fsp3) is 0.500. The summed E-state index contributed by atoms with van der Waals surface area (Å²) in [7, 11) is 0. The van der Waals surface area contributed by atoms with Crippen LogP contribution in [0.4, 0.5) is 0 Å². The summed E-state index contributed by atoms with van der Waals surface area (Å²) in [5.41, 5.74) is 0.238. The predicted molar refractivity (Wildman–Crippen MR) is 65.1 cm³/mol. The Kier molecular flexibility index (Phi) is 3.58. The molecule has 0 aromatic carbocycles. The molecule has 0 unspecified atom stereocenters. The second-order valence-corrected chi connectivity index (χ2v) is 4.17. The maximum Gasteiger partial charge on any atom is 0.254 e. The lowest BCUT2D eigenvalue weighted by Gasteiger charge is -2.34. The Morgan fingerprint density at radius 2 is 2.06 bits per heavy atom. The van der Waals surface area contributed by atoms with E-state index >= 15 is 0 Å². The fourth-order valence-electron chi connectivity index (χ4n) is 2.03. The van der Waals surface area contributed by atoms with Crippen LogP contribution in [0.5, 0.6) is 0 Å². The summed E-state index contributed by atoms with van der Waals surface area (Å²) in [6.45, 7) is 6.43. The fourth-order valence-corrected chi connectivity index (χ4v) is 2.03. The van der Waals surface area contributed by atoms with Crippen LogP contribution in [-0.4, -0.2) is 53.4 Å². The smallest absolute Gasteiger partial charge is 0.254 e. The highest BCUT2D eigenvalue weighted by Crippen LogP contribution is 2.06. The van der Waals surface area contributed by atoms with E-state index in [2.05, 4.69) is 16.8 Å². The number of nitrogens with zero attached hydrogens (tertiary/aromatic N) is 2. The van der Waals surface area contributed by atoms with Crippen LogP contribution in [0.15, 0.2) is 23.1 Å². The first-order valence-electron chi connectivity index (χ1n) is 5.91. The number of amides is 1. The summed E-state index contributed by atoms with van der Waals surface area (Å²) in [6, 6.07) is 3.00. The quantitative estimate of drug-likeness (QED) is 0.794. The average molecular weight is 235 g/mol. The molecule has 1 aliphatic rings. The number of rotatable bonds is 2. The number of hydrogen-bond donors (Lipinski definition) is 1. The van der Waals surface area contributed by atoms with E-state index in [1.807, 2.05) is 0 Å². The third kappa shape index (κ3) is 2.74. The number of hydrogen-bond acceptors (Lipinski definition) is 3. The summed E-state index contributed by atoms with van der Waals surface area (Å²) >= 11 is 0. The van der Waals surface area contributed by atoms with Crippen molar-refractivity contribution in [3.05, 3.63) is 34.2 Å². The highest BCUT2D eigenvalue weighted by atomic mass is 16.2. The van der Waals surface area contributed by atoms with Gasteiger partial charge in [-0.05, 0) is 12.6 Å². The van der Waals surface area contributed by atoms with Crippen LogP contribution in [0.25, 0.3) is 0 Å². The topological polar surface area (TPSA) is 56.4 Å². The van der Waals surface area contributed by atoms with Crippen molar-refractivity contribution in [1.29, 1.82) is 0 Å². The maximum absolute atomic E-state index is 12.1. The summed E-state index contributed by atoms with van der Waals surface area (Å²) < 4.78 is 0. The van der Waals surface area contributed by atoms with Gasteiger partial charge in [0.2, 0.25) is 5.56 Å². The second-order valence-electron chi connectivity index (χ2n) is 4.17. The van der Waals surface area contributed by atoms with Crippen molar-refractivity contribution in [1.82, 2.24) is 14.8 Å². The third-order valence-corrected chi connectivity index (χ3v) is 3.13. The Bertz CT molecular complexity index is 447. The van der Waals surface area contributed by atoms with Crippen LogP contribution < -0.4 is 5.56 Å². The molecule has 2 heterocycles. The molecule has 0 atom stereocenters. The minimum atomic E-state index is -0.233. The van der Waals surface area contributed by atoms with Crippen molar-refractivity contribution in [3.8, 4) is 0 Å². The van der Waals surface area contributed by atoms with Gasteiger partial charge in [0.15, 0.2) is 0 Å². The highest BCUT2D eigenvalue weighted by Gasteiger charge is 2.21. The lowest BCUT2D eigenvalue weighted by Crippen LogP contribution is -2.48. The zero-order chi connectivity index (χ0) is 12.3. The van der Waals surface area contributed by atoms with E-state index < -0.39 is 0 Å². The molecule has 0 radical (unpaired) electrons. The van der Waals surface area contributed by atoms with E-state index in [-0.39, 0.29) is 11.5 Å². The summed E-state index contributed by atoms with van der Waals surface area (Å²) in [5.74, 6) is -0.0492. The number of likely N-dealkylation sites (N-methyl/N-ethyl adjacent to an activating group) is 1. The van der Waals surface area contributed by atoms with Gasteiger partial charge in [0.1, 0.15) is 0 Å². The van der Waals surface area contributed by atoms with Gasteiger partial charge in [-0.1, -0.05) is 6.92 Å². The van der Waals surface area contributed by atoms with Gasteiger partial charge in [0.25, 0.3) is 5.91 Å². The largest absolute Gasteiger partial charge is 0.336 e. The number of H-pyrrole nitrogens is 1. The van der Waals surface area contributed by atoms with Gasteiger partial charge in [-0.3, -0.25) is 9.59 Å². The molecule has 1 N–H and O–H groups in total. The van der Waals surface area contributed by atoms with Crippen LogP contribution in [0.2, 0.25) is 0 Å².